The molecule has 0 amide bonds. The Morgan fingerprint density at radius 1 is 1.21 bits per heavy atom. The molecule has 84 valence electrons. The van der Waals surface area contributed by atoms with Crippen LogP contribution in [-0.2, 0) is 0 Å². The van der Waals surface area contributed by atoms with Crippen molar-refractivity contribution in [3.8, 4) is 0 Å². The van der Waals surface area contributed by atoms with Gasteiger partial charge in [0.05, 0.1) is 0 Å². The topological polar surface area (TPSA) is 23.5 Å². The smallest absolute Gasteiger partial charge is 0.0443 e. The third-order valence-electron chi connectivity index (χ3n) is 3.69. The van der Waals surface area contributed by atoms with Crippen molar-refractivity contribution in [2.45, 2.75) is 51.5 Å². The van der Waals surface area contributed by atoms with Crippen LogP contribution in [0, 0.1) is 5.92 Å². The summed E-state index contributed by atoms with van der Waals surface area (Å²) in [7, 11) is 2.20. The highest BCUT2D eigenvalue weighted by Crippen LogP contribution is 2.28. The molecule has 0 aromatic heterocycles. The molecule has 0 heterocycles. The molecule has 14 heavy (non-hydrogen) atoms. The number of hydrogen-bond acceptors (Lipinski definition) is 2. The third kappa shape index (κ3) is 3.58. The first-order chi connectivity index (χ1) is 6.77. The van der Waals surface area contributed by atoms with Gasteiger partial charge in [0.1, 0.15) is 0 Å². The van der Waals surface area contributed by atoms with Gasteiger partial charge in [0, 0.05) is 19.2 Å². The van der Waals surface area contributed by atoms with Crippen molar-refractivity contribution in [2.75, 3.05) is 20.2 Å². The number of aliphatic hydroxyl groups excluding tert-OH is 1. The minimum atomic E-state index is 0.328. The second kappa shape index (κ2) is 6.41. The van der Waals surface area contributed by atoms with E-state index in [1.807, 2.05) is 0 Å². The van der Waals surface area contributed by atoms with Crippen molar-refractivity contribution in [3.05, 3.63) is 0 Å². The van der Waals surface area contributed by atoms with Gasteiger partial charge in [-0.2, -0.15) is 0 Å². The van der Waals surface area contributed by atoms with Crippen molar-refractivity contribution in [2.24, 2.45) is 5.92 Å². The normalized spacial score (nSPS) is 28.3. The van der Waals surface area contributed by atoms with E-state index >= 15 is 0 Å². The van der Waals surface area contributed by atoms with Crippen LogP contribution in [0.4, 0.5) is 0 Å². The third-order valence-corrected chi connectivity index (χ3v) is 3.69. The van der Waals surface area contributed by atoms with E-state index in [1.54, 1.807) is 0 Å². The average molecular weight is 199 g/mol. The van der Waals surface area contributed by atoms with Crippen LogP contribution in [0.15, 0.2) is 0 Å². The predicted molar refractivity (Wildman–Crippen MR) is 60.4 cm³/mol. The Morgan fingerprint density at radius 2 is 1.86 bits per heavy atom. The second-order valence-electron chi connectivity index (χ2n) is 4.64. The summed E-state index contributed by atoms with van der Waals surface area (Å²) < 4.78 is 0. The summed E-state index contributed by atoms with van der Waals surface area (Å²) in [6.07, 6.45) is 7.81. The van der Waals surface area contributed by atoms with Crippen LogP contribution in [0.2, 0.25) is 0 Å². The Labute approximate surface area is 88.3 Å². The van der Waals surface area contributed by atoms with Gasteiger partial charge in [-0.15, -0.1) is 0 Å². The first-order valence-corrected chi connectivity index (χ1v) is 6.09. The molecule has 2 heteroatoms. The van der Waals surface area contributed by atoms with Crippen LogP contribution >= 0.6 is 0 Å². The minimum absolute atomic E-state index is 0.328. The van der Waals surface area contributed by atoms with Crippen molar-refractivity contribution in [1.82, 2.24) is 4.90 Å². The fourth-order valence-corrected chi connectivity index (χ4v) is 2.50. The van der Waals surface area contributed by atoms with Gasteiger partial charge in [0.25, 0.3) is 0 Å². The van der Waals surface area contributed by atoms with Crippen LogP contribution in [0.25, 0.3) is 0 Å². The van der Waals surface area contributed by atoms with Crippen LogP contribution in [0.3, 0.4) is 0 Å². The highest BCUT2D eigenvalue weighted by atomic mass is 16.3. The number of aliphatic hydroxyl groups is 1. The maximum absolute atomic E-state index is 8.77. The molecule has 0 unspecified atom stereocenters. The van der Waals surface area contributed by atoms with Crippen molar-refractivity contribution >= 4 is 0 Å². The van der Waals surface area contributed by atoms with Crippen molar-refractivity contribution in [3.63, 3.8) is 0 Å². The van der Waals surface area contributed by atoms with E-state index in [1.165, 1.54) is 32.1 Å². The molecule has 0 aliphatic heterocycles. The molecule has 0 radical (unpaired) electrons. The van der Waals surface area contributed by atoms with E-state index in [0.29, 0.717) is 6.61 Å². The molecule has 1 fully saturated rings. The van der Waals surface area contributed by atoms with E-state index in [4.69, 9.17) is 5.11 Å². The van der Waals surface area contributed by atoms with Crippen LogP contribution in [0.1, 0.15) is 45.4 Å². The molecule has 0 spiro atoms. The van der Waals surface area contributed by atoms with Crippen LogP contribution in [0.5, 0.6) is 0 Å². The van der Waals surface area contributed by atoms with Gasteiger partial charge in [-0.05, 0) is 45.1 Å². The van der Waals surface area contributed by atoms with Gasteiger partial charge in [0.2, 0.25) is 0 Å². The number of nitrogens with zero attached hydrogens (tertiary/aromatic N) is 1. The summed E-state index contributed by atoms with van der Waals surface area (Å²) in [5.41, 5.74) is 0. The lowest BCUT2D eigenvalue weighted by Crippen LogP contribution is -2.36. The summed E-state index contributed by atoms with van der Waals surface area (Å²) in [6.45, 7) is 3.69. The first kappa shape index (κ1) is 12.0. The van der Waals surface area contributed by atoms with Crippen LogP contribution in [-0.4, -0.2) is 36.2 Å². The molecule has 1 aliphatic carbocycles. The Balaban J connectivity index is 2.19. The lowest BCUT2D eigenvalue weighted by molar-refractivity contribution is 0.151. The first-order valence-electron chi connectivity index (χ1n) is 6.09. The predicted octanol–water partition coefficient (Wildman–Crippen LogP) is 2.27. The zero-order valence-corrected chi connectivity index (χ0v) is 9.71. The zero-order valence-electron chi connectivity index (χ0n) is 9.71. The number of rotatable bonds is 5. The Bertz CT molecular complexity index is 141. The van der Waals surface area contributed by atoms with E-state index < -0.39 is 0 Å². The van der Waals surface area contributed by atoms with E-state index in [9.17, 15) is 0 Å². The van der Waals surface area contributed by atoms with E-state index in [0.717, 1.165) is 24.9 Å². The lowest BCUT2D eigenvalue weighted by atomic mass is 9.84. The van der Waals surface area contributed by atoms with Gasteiger partial charge in [-0.25, -0.2) is 0 Å². The highest BCUT2D eigenvalue weighted by Gasteiger charge is 2.22. The van der Waals surface area contributed by atoms with Gasteiger partial charge in [-0.3, -0.25) is 0 Å². The molecule has 0 aromatic rings. The SMILES string of the molecule is CCC1CCC(N(C)CCCO)CC1. The standard InChI is InChI=1S/C12H25NO/c1-3-11-5-7-12(8-6-11)13(2)9-4-10-14/h11-12,14H,3-10H2,1-2H3. The summed E-state index contributed by atoms with van der Waals surface area (Å²) in [4.78, 5) is 2.43. The molecule has 0 bridgehead atoms. The molecule has 2 nitrogen and oxygen atoms in total. The second-order valence-corrected chi connectivity index (χ2v) is 4.64. The van der Waals surface area contributed by atoms with Crippen LogP contribution < -0.4 is 0 Å². The Hall–Kier alpha value is -0.0800. The molecule has 1 aliphatic rings. The van der Waals surface area contributed by atoms with E-state index in [2.05, 4.69) is 18.9 Å². The average Bonchev–Trinajstić information content (AvgIpc) is 2.26. The molecule has 1 saturated carbocycles. The van der Waals surface area contributed by atoms with Gasteiger partial charge >= 0.3 is 0 Å². The van der Waals surface area contributed by atoms with Crippen molar-refractivity contribution in [1.29, 1.82) is 0 Å². The fourth-order valence-electron chi connectivity index (χ4n) is 2.50. The van der Waals surface area contributed by atoms with Gasteiger partial charge in [0.15, 0.2) is 0 Å². The largest absolute Gasteiger partial charge is 0.396 e. The summed E-state index contributed by atoms with van der Waals surface area (Å²) in [5.74, 6) is 0.984. The Morgan fingerprint density at radius 3 is 2.36 bits per heavy atom. The van der Waals surface area contributed by atoms with Crippen molar-refractivity contribution < 1.29 is 5.11 Å². The van der Waals surface area contributed by atoms with E-state index in [-0.39, 0.29) is 0 Å². The molecule has 0 atom stereocenters. The molecule has 1 N–H and O–H groups in total. The fraction of sp³-hybridized carbons (Fsp3) is 1.00. The lowest BCUT2D eigenvalue weighted by Gasteiger charge is -2.34. The zero-order chi connectivity index (χ0) is 10.4. The monoisotopic (exact) mass is 199 g/mol. The summed E-state index contributed by atoms with van der Waals surface area (Å²) in [5, 5.41) is 8.77. The molecular formula is C12H25NO. The van der Waals surface area contributed by atoms with Gasteiger partial charge < -0.3 is 10.0 Å². The summed E-state index contributed by atoms with van der Waals surface area (Å²) >= 11 is 0. The minimum Gasteiger partial charge on any atom is -0.396 e. The molecule has 1 rings (SSSR count). The maximum Gasteiger partial charge on any atom is 0.0443 e. The molecule has 0 aromatic carbocycles. The Kier molecular flexibility index (Phi) is 5.49. The maximum atomic E-state index is 8.77. The number of hydrogen-bond donors (Lipinski definition) is 1. The highest BCUT2D eigenvalue weighted by molar-refractivity contribution is 4.77. The summed E-state index contributed by atoms with van der Waals surface area (Å²) in [6, 6.07) is 0.782. The van der Waals surface area contributed by atoms with Gasteiger partial charge in [-0.1, -0.05) is 13.3 Å². The molecular weight excluding hydrogens is 174 g/mol. The molecule has 0 saturated heterocycles. The quantitative estimate of drug-likeness (QED) is 0.734.